The van der Waals surface area contributed by atoms with Crippen LogP contribution in [0.3, 0.4) is 0 Å². The number of amides is 2. The first kappa shape index (κ1) is 21.5. The molecule has 8 nitrogen and oxygen atoms in total. The van der Waals surface area contributed by atoms with E-state index >= 15 is 0 Å². The molecule has 30 heavy (non-hydrogen) atoms. The lowest BCUT2D eigenvalue weighted by atomic mass is 10.1. The number of methoxy groups -OCH3 is 2. The van der Waals surface area contributed by atoms with Crippen LogP contribution in [-0.4, -0.2) is 36.2 Å². The van der Waals surface area contributed by atoms with Gasteiger partial charge in [-0.25, -0.2) is 0 Å². The Balaban J connectivity index is 1.53. The number of anilines is 1. The summed E-state index contributed by atoms with van der Waals surface area (Å²) in [5.41, 5.74) is 1.34. The van der Waals surface area contributed by atoms with Crippen LogP contribution in [0.15, 0.2) is 42.5 Å². The number of nitrogens with one attached hydrogen (secondary N) is 2. The third-order valence-corrected chi connectivity index (χ3v) is 5.15. The number of halogens is 1. The van der Waals surface area contributed by atoms with Crippen molar-refractivity contribution in [3.63, 3.8) is 0 Å². The summed E-state index contributed by atoms with van der Waals surface area (Å²) in [6.07, 6.45) is 0.168. The van der Waals surface area contributed by atoms with E-state index in [4.69, 9.17) is 21.1 Å². The SMILES string of the molecule is COc1ccc(CC(=O)NCc2nnc(C(=O)Nc3cccc(Cl)c3)s2)cc1OC. The normalized spacial score (nSPS) is 10.4. The van der Waals surface area contributed by atoms with E-state index in [9.17, 15) is 9.59 Å². The molecule has 3 aromatic rings. The van der Waals surface area contributed by atoms with E-state index < -0.39 is 5.91 Å². The van der Waals surface area contributed by atoms with Crippen LogP contribution in [-0.2, 0) is 17.8 Å². The van der Waals surface area contributed by atoms with Crippen LogP contribution in [0.1, 0.15) is 20.4 Å². The van der Waals surface area contributed by atoms with E-state index in [0.717, 1.165) is 16.9 Å². The standard InChI is InChI=1S/C20H19ClN4O4S/c1-28-15-7-6-12(8-16(15)29-2)9-17(26)22-11-18-24-25-20(30-18)19(27)23-14-5-3-4-13(21)10-14/h3-8,10H,9,11H2,1-2H3,(H,22,26)(H,23,27). The van der Waals surface area contributed by atoms with E-state index in [1.54, 1.807) is 49.6 Å². The zero-order valence-electron chi connectivity index (χ0n) is 16.3. The van der Waals surface area contributed by atoms with Crippen LogP contribution >= 0.6 is 22.9 Å². The van der Waals surface area contributed by atoms with E-state index in [1.807, 2.05) is 0 Å². The van der Waals surface area contributed by atoms with Gasteiger partial charge in [-0.3, -0.25) is 9.59 Å². The molecule has 0 saturated carbocycles. The van der Waals surface area contributed by atoms with Crippen molar-refractivity contribution in [1.82, 2.24) is 15.5 Å². The number of benzene rings is 2. The van der Waals surface area contributed by atoms with Crippen molar-refractivity contribution in [2.24, 2.45) is 0 Å². The Kier molecular flexibility index (Phi) is 7.21. The Bertz CT molecular complexity index is 1060. The maximum atomic E-state index is 12.3. The summed E-state index contributed by atoms with van der Waals surface area (Å²) >= 11 is 7.01. The number of ether oxygens (including phenoxy) is 2. The Hall–Kier alpha value is -3.17. The van der Waals surface area contributed by atoms with Crippen molar-refractivity contribution in [2.75, 3.05) is 19.5 Å². The lowest BCUT2D eigenvalue weighted by Gasteiger charge is -2.09. The van der Waals surface area contributed by atoms with Gasteiger partial charge in [-0.05, 0) is 35.9 Å². The highest BCUT2D eigenvalue weighted by Gasteiger charge is 2.14. The fourth-order valence-corrected chi connectivity index (χ4v) is 3.45. The smallest absolute Gasteiger partial charge is 0.286 e. The predicted molar refractivity (Wildman–Crippen MR) is 114 cm³/mol. The van der Waals surface area contributed by atoms with E-state index in [1.165, 1.54) is 7.11 Å². The van der Waals surface area contributed by atoms with Crippen LogP contribution in [0.5, 0.6) is 11.5 Å². The van der Waals surface area contributed by atoms with Gasteiger partial charge in [0.15, 0.2) is 11.5 Å². The van der Waals surface area contributed by atoms with Crippen LogP contribution < -0.4 is 20.1 Å². The van der Waals surface area contributed by atoms with Gasteiger partial charge in [0.2, 0.25) is 10.9 Å². The first-order chi connectivity index (χ1) is 14.5. The van der Waals surface area contributed by atoms with Crippen LogP contribution in [0.4, 0.5) is 5.69 Å². The predicted octanol–water partition coefficient (Wildman–Crippen LogP) is 3.32. The summed E-state index contributed by atoms with van der Waals surface area (Å²) in [4.78, 5) is 24.5. The van der Waals surface area contributed by atoms with Gasteiger partial charge in [0.05, 0.1) is 27.2 Å². The van der Waals surface area contributed by atoms with Gasteiger partial charge in [0.25, 0.3) is 5.91 Å². The molecule has 2 aromatic carbocycles. The summed E-state index contributed by atoms with van der Waals surface area (Å²) in [6.45, 7) is 0.175. The largest absolute Gasteiger partial charge is 0.493 e. The fourth-order valence-electron chi connectivity index (χ4n) is 2.58. The average molecular weight is 447 g/mol. The first-order valence-electron chi connectivity index (χ1n) is 8.85. The maximum Gasteiger partial charge on any atom is 0.286 e. The summed E-state index contributed by atoms with van der Waals surface area (Å²) in [7, 11) is 3.09. The quantitative estimate of drug-likeness (QED) is 0.550. The minimum absolute atomic E-state index is 0.168. The number of aromatic nitrogens is 2. The lowest BCUT2D eigenvalue weighted by Crippen LogP contribution is -2.24. The highest BCUT2D eigenvalue weighted by molar-refractivity contribution is 7.13. The molecule has 0 spiro atoms. The van der Waals surface area contributed by atoms with Crippen molar-refractivity contribution in [2.45, 2.75) is 13.0 Å². The molecular formula is C20H19ClN4O4S. The van der Waals surface area contributed by atoms with Gasteiger partial charge in [-0.1, -0.05) is 35.1 Å². The molecule has 0 aliphatic carbocycles. The van der Waals surface area contributed by atoms with Crippen molar-refractivity contribution in [3.05, 3.63) is 63.1 Å². The number of hydrogen-bond donors (Lipinski definition) is 2. The zero-order valence-corrected chi connectivity index (χ0v) is 17.8. The van der Waals surface area contributed by atoms with Crippen molar-refractivity contribution < 1.29 is 19.1 Å². The number of carbonyl (C=O) groups excluding carboxylic acids is 2. The second kappa shape index (κ2) is 10.0. The molecule has 0 aliphatic rings. The number of rotatable bonds is 8. The highest BCUT2D eigenvalue weighted by Crippen LogP contribution is 2.27. The number of nitrogens with zero attached hydrogens (tertiary/aromatic N) is 2. The Morgan fingerprint density at radius 1 is 1.07 bits per heavy atom. The van der Waals surface area contributed by atoms with Crippen LogP contribution in [0.2, 0.25) is 5.02 Å². The molecule has 0 atom stereocenters. The van der Waals surface area contributed by atoms with Crippen molar-refractivity contribution in [1.29, 1.82) is 0 Å². The summed E-state index contributed by atoms with van der Waals surface area (Å²) in [6, 6.07) is 12.1. The third kappa shape index (κ3) is 5.68. The molecule has 0 aliphatic heterocycles. The van der Waals surface area contributed by atoms with E-state index in [0.29, 0.717) is 27.2 Å². The summed E-state index contributed by atoms with van der Waals surface area (Å²) in [5.74, 6) is 0.571. The topological polar surface area (TPSA) is 102 Å². The first-order valence-corrected chi connectivity index (χ1v) is 10.0. The molecule has 1 heterocycles. The van der Waals surface area contributed by atoms with Gasteiger partial charge in [0, 0.05) is 10.7 Å². The molecule has 1 aromatic heterocycles. The molecule has 10 heteroatoms. The molecule has 3 rings (SSSR count). The fraction of sp³-hybridized carbons (Fsp3) is 0.200. The molecular weight excluding hydrogens is 428 g/mol. The van der Waals surface area contributed by atoms with E-state index in [-0.39, 0.29) is 23.9 Å². The molecule has 0 radical (unpaired) electrons. The Morgan fingerprint density at radius 3 is 2.60 bits per heavy atom. The third-order valence-electron chi connectivity index (χ3n) is 3.99. The van der Waals surface area contributed by atoms with Crippen LogP contribution in [0, 0.1) is 0 Å². The molecule has 2 amide bonds. The van der Waals surface area contributed by atoms with Gasteiger partial charge < -0.3 is 20.1 Å². The minimum atomic E-state index is -0.391. The summed E-state index contributed by atoms with van der Waals surface area (Å²) in [5, 5.41) is 14.5. The summed E-state index contributed by atoms with van der Waals surface area (Å²) < 4.78 is 10.4. The van der Waals surface area contributed by atoms with Crippen molar-refractivity contribution >= 4 is 40.4 Å². The molecule has 0 unspecified atom stereocenters. The molecule has 156 valence electrons. The van der Waals surface area contributed by atoms with E-state index in [2.05, 4.69) is 20.8 Å². The highest BCUT2D eigenvalue weighted by atomic mass is 35.5. The number of carbonyl (C=O) groups is 2. The second-order valence-electron chi connectivity index (χ2n) is 6.11. The average Bonchev–Trinajstić information content (AvgIpc) is 3.21. The molecule has 0 fully saturated rings. The second-order valence-corrected chi connectivity index (χ2v) is 7.61. The Morgan fingerprint density at radius 2 is 1.87 bits per heavy atom. The zero-order chi connectivity index (χ0) is 21.5. The molecule has 0 saturated heterocycles. The van der Waals surface area contributed by atoms with Gasteiger partial charge >= 0.3 is 0 Å². The number of hydrogen-bond acceptors (Lipinski definition) is 7. The van der Waals surface area contributed by atoms with Crippen molar-refractivity contribution in [3.8, 4) is 11.5 Å². The monoisotopic (exact) mass is 446 g/mol. The van der Waals surface area contributed by atoms with Gasteiger partial charge in [-0.2, -0.15) is 0 Å². The lowest BCUT2D eigenvalue weighted by molar-refractivity contribution is -0.120. The Labute approximate surface area is 182 Å². The van der Waals surface area contributed by atoms with Gasteiger partial charge in [0.1, 0.15) is 5.01 Å². The maximum absolute atomic E-state index is 12.3. The van der Waals surface area contributed by atoms with Gasteiger partial charge in [-0.15, -0.1) is 10.2 Å². The molecule has 2 N–H and O–H groups in total. The molecule has 0 bridgehead atoms. The minimum Gasteiger partial charge on any atom is -0.493 e. The van der Waals surface area contributed by atoms with Crippen LogP contribution in [0.25, 0.3) is 0 Å².